The molecule has 4 heterocycles. The van der Waals surface area contributed by atoms with Gasteiger partial charge >= 0.3 is 0 Å². The number of hydrogen-bond donors (Lipinski definition) is 1. The Morgan fingerprint density at radius 2 is 2.27 bits per heavy atom. The number of aromatic nitrogens is 3. The quantitative estimate of drug-likeness (QED) is 0.910. The van der Waals surface area contributed by atoms with E-state index >= 15 is 0 Å². The van der Waals surface area contributed by atoms with Gasteiger partial charge in [-0.2, -0.15) is 5.10 Å². The van der Waals surface area contributed by atoms with E-state index in [9.17, 15) is 9.18 Å². The zero-order chi connectivity index (χ0) is 15.3. The van der Waals surface area contributed by atoms with Crippen molar-refractivity contribution in [2.45, 2.75) is 26.1 Å². The van der Waals surface area contributed by atoms with E-state index in [1.54, 1.807) is 10.9 Å². The second-order valence-electron chi connectivity index (χ2n) is 5.71. The summed E-state index contributed by atoms with van der Waals surface area (Å²) >= 11 is 0. The number of alkyl halides is 1. The number of anilines is 1. The Morgan fingerprint density at radius 1 is 1.41 bits per heavy atom. The third kappa shape index (κ3) is 1.96. The molecule has 2 aromatic rings. The summed E-state index contributed by atoms with van der Waals surface area (Å²) in [7, 11) is 0. The number of pyridine rings is 1. The van der Waals surface area contributed by atoms with Crippen LogP contribution in [0.2, 0.25) is 0 Å². The largest absolute Gasteiger partial charge is 0.354 e. The summed E-state index contributed by atoms with van der Waals surface area (Å²) in [6.07, 6.45) is 1.51. The molecule has 0 spiro atoms. The molecule has 6 nitrogen and oxygen atoms in total. The maximum atomic E-state index is 13.3. The molecule has 1 N–H and O–H groups in total. The summed E-state index contributed by atoms with van der Waals surface area (Å²) in [6, 6.07) is 3.78. The standard InChI is InChI=1S/C15H16FN5O/c1-9-14-12(7-18-15(14)22)19-21(9)11-2-3-13(17-6-11)20-5-4-10(16)8-20/h2-3,6,10H,4-5,7-8H2,1H3,(H,18,22)/t10-/m0/s1. The van der Waals surface area contributed by atoms with Crippen LogP contribution in [-0.4, -0.2) is 39.9 Å². The van der Waals surface area contributed by atoms with Crippen molar-refractivity contribution >= 4 is 11.7 Å². The average Bonchev–Trinajstić information content (AvgIpc) is 3.18. The van der Waals surface area contributed by atoms with E-state index in [1.807, 2.05) is 24.0 Å². The highest BCUT2D eigenvalue weighted by molar-refractivity contribution is 5.99. The zero-order valence-electron chi connectivity index (χ0n) is 12.2. The van der Waals surface area contributed by atoms with Gasteiger partial charge < -0.3 is 10.2 Å². The predicted molar refractivity (Wildman–Crippen MR) is 79.0 cm³/mol. The topological polar surface area (TPSA) is 63.1 Å². The van der Waals surface area contributed by atoms with E-state index in [1.165, 1.54) is 0 Å². The Hall–Kier alpha value is -2.44. The molecule has 0 unspecified atom stereocenters. The molecule has 2 aliphatic heterocycles. The molecule has 2 aromatic heterocycles. The first-order valence-corrected chi connectivity index (χ1v) is 7.35. The maximum absolute atomic E-state index is 13.3. The molecule has 114 valence electrons. The Bertz CT molecular complexity index is 739. The molecule has 4 rings (SSSR count). The van der Waals surface area contributed by atoms with Crippen LogP contribution in [0, 0.1) is 6.92 Å². The van der Waals surface area contributed by atoms with E-state index in [4.69, 9.17) is 0 Å². The summed E-state index contributed by atoms with van der Waals surface area (Å²) in [5.41, 5.74) is 3.04. The van der Waals surface area contributed by atoms with Gasteiger partial charge in [0, 0.05) is 6.54 Å². The van der Waals surface area contributed by atoms with Gasteiger partial charge in [-0.3, -0.25) is 4.79 Å². The first kappa shape index (κ1) is 13.2. The molecule has 1 atom stereocenters. The minimum Gasteiger partial charge on any atom is -0.354 e. The molecule has 0 aromatic carbocycles. The van der Waals surface area contributed by atoms with Gasteiger partial charge in [-0.25, -0.2) is 14.1 Å². The summed E-state index contributed by atoms with van der Waals surface area (Å²) in [5, 5.41) is 7.23. The lowest BCUT2D eigenvalue weighted by atomic mass is 10.2. The molecule has 7 heteroatoms. The third-order valence-electron chi connectivity index (χ3n) is 4.26. The molecule has 0 bridgehead atoms. The second-order valence-corrected chi connectivity index (χ2v) is 5.71. The number of carbonyl (C=O) groups excluding carboxylic acids is 1. The normalized spacial score (nSPS) is 20.4. The van der Waals surface area contributed by atoms with Gasteiger partial charge in [0.1, 0.15) is 12.0 Å². The second kappa shape index (κ2) is 4.79. The Kier molecular flexibility index (Phi) is 2.88. The molecular formula is C15H16FN5O. The van der Waals surface area contributed by atoms with Crippen LogP contribution in [-0.2, 0) is 6.54 Å². The van der Waals surface area contributed by atoms with Crippen LogP contribution < -0.4 is 10.2 Å². The lowest BCUT2D eigenvalue weighted by Gasteiger charge is -2.16. The van der Waals surface area contributed by atoms with Crippen molar-refractivity contribution in [3.05, 3.63) is 35.3 Å². The molecule has 0 aliphatic carbocycles. The minimum atomic E-state index is -0.767. The van der Waals surface area contributed by atoms with Crippen molar-refractivity contribution in [3.63, 3.8) is 0 Å². The molecular weight excluding hydrogens is 285 g/mol. The number of amides is 1. The van der Waals surface area contributed by atoms with Crippen LogP contribution in [0.1, 0.15) is 28.2 Å². The molecule has 2 aliphatic rings. The van der Waals surface area contributed by atoms with E-state index in [0.717, 1.165) is 22.9 Å². The van der Waals surface area contributed by atoms with Crippen LogP contribution in [0.4, 0.5) is 10.2 Å². The van der Waals surface area contributed by atoms with Crippen molar-refractivity contribution in [2.75, 3.05) is 18.0 Å². The number of nitrogens with zero attached hydrogens (tertiary/aromatic N) is 4. The number of fused-ring (bicyclic) bond motifs is 1. The molecule has 22 heavy (non-hydrogen) atoms. The van der Waals surface area contributed by atoms with Crippen LogP contribution in [0.3, 0.4) is 0 Å². The van der Waals surface area contributed by atoms with E-state index in [-0.39, 0.29) is 5.91 Å². The van der Waals surface area contributed by atoms with Crippen molar-refractivity contribution in [1.29, 1.82) is 0 Å². The SMILES string of the molecule is Cc1c2c(nn1-c1ccc(N3CC[C@H](F)C3)nc1)CNC2=O. The summed E-state index contributed by atoms with van der Waals surface area (Å²) in [6.45, 7) is 3.45. The molecule has 0 saturated carbocycles. The number of hydrogen-bond acceptors (Lipinski definition) is 4. The smallest absolute Gasteiger partial charge is 0.255 e. The number of halogens is 1. The van der Waals surface area contributed by atoms with Gasteiger partial charge in [0.15, 0.2) is 0 Å². The molecule has 1 saturated heterocycles. The van der Waals surface area contributed by atoms with E-state index in [2.05, 4.69) is 15.4 Å². The summed E-state index contributed by atoms with van der Waals surface area (Å²) in [5.74, 6) is 0.702. The summed E-state index contributed by atoms with van der Waals surface area (Å²) < 4.78 is 15.0. The zero-order valence-corrected chi connectivity index (χ0v) is 12.2. The first-order valence-electron chi connectivity index (χ1n) is 7.35. The van der Waals surface area contributed by atoms with Gasteiger partial charge in [-0.1, -0.05) is 0 Å². The fourth-order valence-corrected chi connectivity index (χ4v) is 3.10. The van der Waals surface area contributed by atoms with E-state index in [0.29, 0.717) is 31.6 Å². The number of nitrogens with one attached hydrogen (secondary N) is 1. The fraction of sp³-hybridized carbons (Fsp3) is 0.400. The highest BCUT2D eigenvalue weighted by atomic mass is 19.1. The van der Waals surface area contributed by atoms with Crippen molar-refractivity contribution in [3.8, 4) is 5.69 Å². The molecule has 1 amide bonds. The van der Waals surface area contributed by atoms with Crippen molar-refractivity contribution in [1.82, 2.24) is 20.1 Å². The van der Waals surface area contributed by atoms with Gasteiger partial charge in [0.05, 0.1) is 41.9 Å². The third-order valence-corrected chi connectivity index (χ3v) is 4.26. The first-order chi connectivity index (χ1) is 10.6. The Labute approximate surface area is 126 Å². The lowest BCUT2D eigenvalue weighted by Crippen LogP contribution is -2.21. The number of rotatable bonds is 2. The summed E-state index contributed by atoms with van der Waals surface area (Å²) in [4.78, 5) is 18.1. The average molecular weight is 301 g/mol. The van der Waals surface area contributed by atoms with Gasteiger partial charge in [0.25, 0.3) is 5.91 Å². The van der Waals surface area contributed by atoms with Crippen LogP contribution >= 0.6 is 0 Å². The monoisotopic (exact) mass is 301 g/mol. The maximum Gasteiger partial charge on any atom is 0.255 e. The van der Waals surface area contributed by atoms with E-state index < -0.39 is 6.17 Å². The molecule has 1 fully saturated rings. The van der Waals surface area contributed by atoms with Gasteiger partial charge in [0.2, 0.25) is 0 Å². The Balaban J connectivity index is 1.64. The van der Waals surface area contributed by atoms with Crippen LogP contribution in [0.25, 0.3) is 5.69 Å². The van der Waals surface area contributed by atoms with Gasteiger partial charge in [-0.15, -0.1) is 0 Å². The van der Waals surface area contributed by atoms with Crippen molar-refractivity contribution in [2.24, 2.45) is 0 Å². The highest BCUT2D eigenvalue weighted by Crippen LogP contribution is 2.24. The Morgan fingerprint density at radius 3 is 2.91 bits per heavy atom. The lowest BCUT2D eigenvalue weighted by molar-refractivity contribution is 0.0964. The van der Waals surface area contributed by atoms with Gasteiger partial charge in [-0.05, 0) is 25.5 Å². The predicted octanol–water partition coefficient (Wildman–Crippen LogP) is 1.37. The minimum absolute atomic E-state index is 0.0746. The van der Waals surface area contributed by atoms with Crippen LogP contribution in [0.5, 0.6) is 0 Å². The van der Waals surface area contributed by atoms with Crippen LogP contribution in [0.15, 0.2) is 18.3 Å². The highest BCUT2D eigenvalue weighted by Gasteiger charge is 2.27. The fourth-order valence-electron chi connectivity index (χ4n) is 3.10. The van der Waals surface area contributed by atoms with Crippen molar-refractivity contribution < 1.29 is 9.18 Å². The number of carbonyl (C=O) groups is 1. The molecule has 0 radical (unpaired) electrons.